The molecule has 0 radical (unpaired) electrons. The zero-order valence-corrected chi connectivity index (χ0v) is 17.3. The monoisotopic (exact) mass is 404 g/mol. The van der Waals surface area contributed by atoms with Gasteiger partial charge in [0.25, 0.3) is 5.91 Å². The number of rotatable bonds is 9. The van der Waals surface area contributed by atoms with Gasteiger partial charge < -0.3 is 14.2 Å². The highest BCUT2D eigenvalue weighted by atomic mass is 35.5. The smallest absolute Gasteiger partial charge is 0.277 e. The minimum Gasteiger partial charge on any atom is -0.493 e. The van der Waals surface area contributed by atoms with Gasteiger partial charge in [0.05, 0.1) is 19.9 Å². The number of nitrogens with one attached hydrogen (secondary N) is 1. The second kappa shape index (κ2) is 10.6. The number of carbonyl (C=O) groups is 1. The highest BCUT2D eigenvalue weighted by Gasteiger charge is 2.07. The van der Waals surface area contributed by atoms with Crippen molar-refractivity contribution in [2.45, 2.75) is 27.2 Å². The Labute approximate surface area is 170 Å². The maximum absolute atomic E-state index is 11.9. The van der Waals surface area contributed by atoms with Gasteiger partial charge in [-0.05, 0) is 67.3 Å². The summed E-state index contributed by atoms with van der Waals surface area (Å²) in [7, 11) is 1.58. The van der Waals surface area contributed by atoms with Gasteiger partial charge in [-0.15, -0.1) is 0 Å². The van der Waals surface area contributed by atoms with E-state index < -0.39 is 0 Å². The minimum absolute atomic E-state index is 0.148. The zero-order valence-electron chi connectivity index (χ0n) is 16.5. The largest absolute Gasteiger partial charge is 0.493 e. The topological polar surface area (TPSA) is 69.2 Å². The molecule has 0 aliphatic heterocycles. The Kier molecular flexibility index (Phi) is 8.14. The summed E-state index contributed by atoms with van der Waals surface area (Å²) in [6.07, 6.45) is 2.44. The highest BCUT2D eigenvalue weighted by Crippen LogP contribution is 2.28. The maximum atomic E-state index is 11.9. The fraction of sp³-hybridized carbons (Fsp3) is 0.333. The summed E-state index contributed by atoms with van der Waals surface area (Å²) in [6, 6.07) is 9.02. The molecule has 150 valence electrons. The van der Waals surface area contributed by atoms with Gasteiger partial charge in [0.1, 0.15) is 5.75 Å². The summed E-state index contributed by atoms with van der Waals surface area (Å²) in [4.78, 5) is 11.9. The predicted octanol–water partition coefficient (Wildman–Crippen LogP) is 4.28. The molecule has 0 saturated carbocycles. The van der Waals surface area contributed by atoms with Gasteiger partial charge in [-0.25, -0.2) is 5.43 Å². The Morgan fingerprint density at radius 3 is 2.50 bits per heavy atom. The number of carbonyl (C=O) groups excluding carboxylic acids is 1. The van der Waals surface area contributed by atoms with E-state index in [0.29, 0.717) is 28.9 Å². The Balaban J connectivity index is 1.89. The van der Waals surface area contributed by atoms with Crippen LogP contribution in [0.1, 0.15) is 30.0 Å². The van der Waals surface area contributed by atoms with Crippen LogP contribution in [0.25, 0.3) is 0 Å². The molecule has 0 spiro atoms. The van der Waals surface area contributed by atoms with Crippen LogP contribution in [0, 0.1) is 13.8 Å². The van der Waals surface area contributed by atoms with Crippen molar-refractivity contribution >= 4 is 23.7 Å². The fourth-order valence-corrected chi connectivity index (χ4v) is 2.55. The molecule has 0 aliphatic rings. The first-order valence-corrected chi connectivity index (χ1v) is 9.34. The second-order valence-corrected chi connectivity index (χ2v) is 6.59. The zero-order chi connectivity index (χ0) is 20.5. The number of methoxy groups -OCH3 is 1. The van der Waals surface area contributed by atoms with Gasteiger partial charge in [0, 0.05) is 5.02 Å². The normalized spacial score (nSPS) is 10.8. The Bertz CT molecular complexity index is 829. The third kappa shape index (κ3) is 6.16. The number of aryl methyl sites for hydroxylation is 2. The van der Waals surface area contributed by atoms with E-state index in [1.54, 1.807) is 25.3 Å². The van der Waals surface area contributed by atoms with Crippen LogP contribution >= 0.6 is 11.6 Å². The summed E-state index contributed by atoms with van der Waals surface area (Å²) < 4.78 is 16.4. The third-order valence-corrected chi connectivity index (χ3v) is 4.43. The molecule has 6 nitrogen and oxygen atoms in total. The lowest BCUT2D eigenvalue weighted by atomic mass is 10.1. The van der Waals surface area contributed by atoms with E-state index in [-0.39, 0.29) is 12.5 Å². The Morgan fingerprint density at radius 2 is 1.86 bits per heavy atom. The number of nitrogens with zero attached hydrogens (tertiary/aromatic N) is 1. The summed E-state index contributed by atoms with van der Waals surface area (Å²) >= 11 is 6.12. The average molecular weight is 405 g/mol. The standard InChI is InChI=1S/C21H25ClN2O4/c1-5-8-27-18-7-6-16(11-19(18)26-4)12-23-24-20(25)13-28-17-9-14(2)21(22)15(3)10-17/h6-7,9-12H,5,8,13H2,1-4H3,(H,24,25)/b23-12+. The molecule has 0 atom stereocenters. The molecule has 2 rings (SSSR count). The van der Waals surface area contributed by atoms with E-state index in [0.717, 1.165) is 23.1 Å². The van der Waals surface area contributed by atoms with E-state index in [4.69, 9.17) is 25.8 Å². The number of ether oxygens (including phenoxy) is 3. The number of hydrazone groups is 1. The molecule has 0 aliphatic carbocycles. The second-order valence-electron chi connectivity index (χ2n) is 6.21. The summed E-state index contributed by atoms with van der Waals surface area (Å²) in [5.74, 6) is 1.51. The lowest BCUT2D eigenvalue weighted by Gasteiger charge is -2.10. The lowest BCUT2D eigenvalue weighted by Crippen LogP contribution is -2.24. The van der Waals surface area contributed by atoms with Crippen molar-refractivity contribution in [1.82, 2.24) is 5.43 Å². The van der Waals surface area contributed by atoms with Crippen LogP contribution in [-0.4, -0.2) is 32.4 Å². The fourth-order valence-electron chi connectivity index (χ4n) is 2.45. The van der Waals surface area contributed by atoms with Crippen LogP contribution in [-0.2, 0) is 4.79 Å². The number of hydrogen-bond acceptors (Lipinski definition) is 5. The van der Waals surface area contributed by atoms with E-state index in [1.807, 2.05) is 32.9 Å². The van der Waals surface area contributed by atoms with Crippen LogP contribution in [0.4, 0.5) is 0 Å². The molecule has 28 heavy (non-hydrogen) atoms. The van der Waals surface area contributed by atoms with Crippen LogP contribution < -0.4 is 19.6 Å². The maximum Gasteiger partial charge on any atom is 0.277 e. The highest BCUT2D eigenvalue weighted by molar-refractivity contribution is 6.32. The molecule has 0 saturated heterocycles. The van der Waals surface area contributed by atoms with Gasteiger partial charge in [-0.1, -0.05) is 18.5 Å². The molecule has 2 aromatic carbocycles. The number of benzene rings is 2. The van der Waals surface area contributed by atoms with E-state index in [2.05, 4.69) is 10.5 Å². The molecular weight excluding hydrogens is 380 g/mol. The summed E-state index contributed by atoms with van der Waals surface area (Å²) in [5.41, 5.74) is 5.00. The SMILES string of the molecule is CCCOc1ccc(/C=N/NC(=O)COc2cc(C)c(Cl)c(C)c2)cc1OC. The Morgan fingerprint density at radius 1 is 1.14 bits per heavy atom. The quantitative estimate of drug-likeness (QED) is 0.500. The first kappa shape index (κ1) is 21.6. The molecule has 0 heterocycles. The number of amides is 1. The van der Waals surface area contributed by atoms with Crippen molar-refractivity contribution < 1.29 is 19.0 Å². The lowest BCUT2D eigenvalue weighted by molar-refractivity contribution is -0.123. The van der Waals surface area contributed by atoms with Crippen LogP contribution in [0.3, 0.4) is 0 Å². The van der Waals surface area contributed by atoms with E-state index >= 15 is 0 Å². The molecule has 0 aromatic heterocycles. The molecule has 0 unspecified atom stereocenters. The molecular formula is C21H25ClN2O4. The minimum atomic E-state index is -0.364. The van der Waals surface area contributed by atoms with Gasteiger partial charge in [0.15, 0.2) is 18.1 Å². The molecule has 0 bridgehead atoms. The van der Waals surface area contributed by atoms with Crippen molar-refractivity contribution in [2.24, 2.45) is 5.10 Å². The van der Waals surface area contributed by atoms with Crippen LogP contribution in [0.5, 0.6) is 17.2 Å². The van der Waals surface area contributed by atoms with Crippen molar-refractivity contribution in [3.63, 3.8) is 0 Å². The van der Waals surface area contributed by atoms with Gasteiger partial charge in [-0.3, -0.25) is 4.79 Å². The van der Waals surface area contributed by atoms with Gasteiger partial charge >= 0.3 is 0 Å². The molecule has 7 heteroatoms. The third-order valence-electron chi connectivity index (χ3n) is 3.83. The number of halogens is 1. The first-order chi connectivity index (χ1) is 13.4. The van der Waals surface area contributed by atoms with Crippen molar-refractivity contribution in [3.8, 4) is 17.2 Å². The van der Waals surface area contributed by atoms with E-state index in [9.17, 15) is 4.79 Å². The van der Waals surface area contributed by atoms with Gasteiger partial charge in [0.2, 0.25) is 0 Å². The predicted molar refractivity (Wildman–Crippen MR) is 111 cm³/mol. The number of hydrogen-bond donors (Lipinski definition) is 1. The summed E-state index contributed by atoms with van der Waals surface area (Å²) in [5, 5.41) is 4.65. The van der Waals surface area contributed by atoms with E-state index in [1.165, 1.54) is 6.21 Å². The first-order valence-electron chi connectivity index (χ1n) is 8.96. The van der Waals surface area contributed by atoms with Crippen molar-refractivity contribution in [2.75, 3.05) is 20.3 Å². The Hall–Kier alpha value is -2.73. The van der Waals surface area contributed by atoms with Crippen LogP contribution in [0.15, 0.2) is 35.4 Å². The molecule has 1 N–H and O–H groups in total. The molecule has 1 amide bonds. The average Bonchev–Trinajstić information content (AvgIpc) is 2.69. The molecule has 2 aromatic rings. The molecule has 0 fully saturated rings. The van der Waals surface area contributed by atoms with Crippen molar-refractivity contribution in [3.05, 3.63) is 52.0 Å². The summed E-state index contributed by atoms with van der Waals surface area (Å²) in [6.45, 7) is 6.28. The van der Waals surface area contributed by atoms with Gasteiger partial charge in [-0.2, -0.15) is 5.10 Å². The van der Waals surface area contributed by atoms with Crippen LogP contribution in [0.2, 0.25) is 5.02 Å². The van der Waals surface area contributed by atoms with Crippen molar-refractivity contribution in [1.29, 1.82) is 0 Å².